The lowest BCUT2D eigenvalue weighted by molar-refractivity contribution is 0.149. The predicted octanol–water partition coefficient (Wildman–Crippen LogP) is 3.14. The third-order valence-electron chi connectivity index (χ3n) is 1.61. The maximum Gasteiger partial charge on any atom is 0.242 e. The van der Waals surface area contributed by atoms with Crippen LogP contribution < -0.4 is 0 Å². The van der Waals surface area contributed by atoms with Crippen molar-refractivity contribution in [2.75, 3.05) is 0 Å². The molecule has 0 N–H and O–H groups in total. The summed E-state index contributed by atoms with van der Waals surface area (Å²) in [6.07, 6.45) is -0.747. The molecule has 0 aromatic heterocycles. The maximum atomic E-state index is 11.9. The summed E-state index contributed by atoms with van der Waals surface area (Å²) in [6.45, 7) is 3.57. The predicted molar refractivity (Wildman–Crippen MR) is 46.2 cm³/mol. The summed E-state index contributed by atoms with van der Waals surface area (Å²) < 4.78 is 23.8. The maximum absolute atomic E-state index is 11.9. The van der Waals surface area contributed by atoms with Crippen molar-refractivity contribution in [1.29, 1.82) is 0 Å². The highest BCUT2D eigenvalue weighted by atomic mass is 19.3. The Bertz CT molecular complexity index is 249. The van der Waals surface area contributed by atoms with Crippen LogP contribution in [0, 0.1) is 0 Å². The first-order valence-electron chi connectivity index (χ1n) is 3.72. The van der Waals surface area contributed by atoms with Gasteiger partial charge < -0.3 is 0 Å². The Morgan fingerprint density at radius 3 is 2.25 bits per heavy atom. The molecular formula is C10H10F2. The summed E-state index contributed by atoms with van der Waals surface area (Å²) in [4.78, 5) is 0. The molecule has 0 heterocycles. The molecule has 0 atom stereocenters. The van der Waals surface area contributed by atoms with Crippen LogP contribution >= 0.6 is 0 Å². The van der Waals surface area contributed by atoms with Gasteiger partial charge in [-0.3, -0.25) is 0 Å². The Morgan fingerprint density at radius 2 is 1.83 bits per heavy atom. The zero-order valence-corrected chi connectivity index (χ0v) is 6.63. The van der Waals surface area contributed by atoms with E-state index >= 15 is 0 Å². The van der Waals surface area contributed by atoms with Crippen LogP contribution in [-0.2, 0) is 6.42 Å². The van der Waals surface area contributed by atoms with Crippen LogP contribution in [0.2, 0.25) is 0 Å². The Balaban J connectivity index is 2.71. The van der Waals surface area contributed by atoms with Crippen molar-refractivity contribution in [2.24, 2.45) is 0 Å². The Hall–Kier alpha value is -1.18. The molecule has 0 aliphatic heterocycles. The molecular weight excluding hydrogens is 158 g/mol. The van der Waals surface area contributed by atoms with E-state index in [9.17, 15) is 8.78 Å². The lowest BCUT2D eigenvalue weighted by Crippen LogP contribution is -1.95. The van der Waals surface area contributed by atoms with Crippen molar-refractivity contribution in [2.45, 2.75) is 12.8 Å². The standard InChI is InChI=1S/C10H10F2/c1-2-8-3-5-9(6-4-8)7-10(11)12/h2-6,10H,1,7H2. The first kappa shape index (κ1) is 8.91. The summed E-state index contributed by atoms with van der Waals surface area (Å²) in [5, 5.41) is 0. The smallest absolute Gasteiger partial charge is 0.210 e. The summed E-state index contributed by atoms with van der Waals surface area (Å²) >= 11 is 0. The van der Waals surface area contributed by atoms with Crippen molar-refractivity contribution in [1.82, 2.24) is 0 Å². The van der Waals surface area contributed by atoms with Gasteiger partial charge in [0.2, 0.25) is 6.43 Å². The SMILES string of the molecule is C=Cc1ccc(CC(F)F)cc1. The fraction of sp³-hybridized carbons (Fsp3) is 0.200. The zero-order chi connectivity index (χ0) is 8.97. The number of rotatable bonds is 3. The molecule has 0 unspecified atom stereocenters. The highest BCUT2D eigenvalue weighted by Crippen LogP contribution is 2.09. The molecule has 0 aliphatic rings. The minimum Gasteiger partial charge on any atom is -0.210 e. The average molecular weight is 168 g/mol. The summed E-state index contributed by atoms with van der Waals surface area (Å²) in [5.74, 6) is 0. The number of alkyl halides is 2. The number of halogens is 2. The van der Waals surface area contributed by atoms with Gasteiger partial charge in [-0.15, -0.1) is 0 Å². The van der Waals surface area contributed by atoms with Crippen molar-refractivity contribution in [3.8, 4) is 0 Å². The largest absolute Gasteiger partial charge is 0.242 e. The highest BCUT2D eigenvalue weighted by molar-refractivity contribution is 5.47. The molecule has 0 fully saturated rings. The van der Waals surface area contributed by atoms with Gasteiger partial charge in [0.15, 0.2) is 0 Å². The van der Waals surface area contributed by atoms with E-state index in [1.54, 1.807) is 30.3 Å². The van der Waals surface area contributed by atoms with E-state index in [2.05, 4.69) is 6.58 Å². The summed E-state index contributed by atoms with van der Waals surface area (Å²) in [6, 6.07) is 6.96. The molecule has 0 saturated carbocycles. The summed E-state index contributed by atoms with van der Waals surface area (Å²) in [5.41, 5.74) is 1.61. The van der Waals surface area contributed by atoms with Crippen molar-refractivity contribution >= 4 is 6.08 Å². The second-order valence-electron chi connectivity index (χ2n) is 2.54. The molecule has 64 valence electrons. The molecule has 0 spiro atoms. The van der Waals surface area contributed by atoms with Gasteiger partial charge in [0.05, 0.1) is 0 Å². The lowest BCUT2D eigenvalue weighted by atomic mass is 10.1. The Morgan fingerprint density at radius 1 is 1.25 bits per heavy atom. The molecule has 1 aromatic carbocycles. The number of hydrogen-bond donors (Lipinski definition) is 0. The van der Waals surface area contributed by atoms with Gasteiger partial charge in [-0.25, -0.2) is 8.78 Å². The minimum atomic E-state index is -2.26. The van der Waals surface area contributed by atoms with E-state index < -0.39 is 6.43 Å². The van der Waals surface area contributed by atoms with Crippen LogP contribution in [0.15, 0.2) is 30.8 Å². The van der Waals surface area contributed by atoms with Crippen molar-refractivity contribution < 1.29 is 8.78 Å². The van der Waals surface area contributed by atoms with E-state index in [0.717, 1.165) is 5.56 Å². The second-order valence-corrected chi connectivity index (χ2v) is 2.54. The molecule has 0 nitrogen and oxygen atoms in total. The highest BCUT2D eigenvalue weighted by Gasteiger charge is 2.02. The third-order valence-corrected chi connectivity index (χ3v) is 1.61. The van der Waals surface area contributed by atoms with E-state index in [1.807, 2.05) is 0 Å². The first-order valence-corrected chi connectivity index (χ1v) is 3.72. The van der Waals surface area contributed by atoms with E-state index in [1.165, 1.54) is 0 Å². The normalized spacial score (nSPS) is 10.2. The van der Waals surface area contributed by atoms with Crippen LogP contribution in [0.4, 0.5) is 8.78 Å². The van der Waals surface area contributed by atoms with E-state index in [4.69, 9.17) is 0 Å². The van der Waals surface area contributed by atoms with Crippen LogP contribution in [0.3, 0.4) is 0 Å². The van der Waals surface area contributed by atoms with Crippen molar-refractivity contribution in [3.63, 3.8) is 0 Å². The van der Waals surface area contributed by atoms with Crippen molar-refractivity contribution in [3.05, 3.63) is 42.0 Å². The van der Waals surface area contributed by atoms with Crippen LogP contribution in [0.1, 0.15) is 11.1 Å². The molecule has 0 amide bonds. The van der Waals surface area contributed by atoms with Crippen LogP contribution in [0.25, 0.3) is 6.08 Å². The quantitative estimate of drug-likeness (QED) is 0.650. The van der Waals surface area contributed by atoms with Gasteiger partial charge in [0.1, 0.15) is 0 Å². The molecule has 0 bridgehead atoms. The fourth-order valence-electron chi connectivity index (χ4n) is 0.968. The monoisotopic (exact) mass is 168 g/mol. The molecule has 1 aromatic rings. The first-order chi connectivity index (χ1) is 5.72. The van der Waals surface area contributed by atoms with Crippen LogP contribution in [0.5, 0.6) is 0 Å². The van der Waals surface area contributed by atoms with Gasteiger partial charge in [-0.2, -0.15) is 0 Å². The van der Waals surface area contributed by atoms with Crippen LogP contribution in [-0.4, -0.2) is 6.43 Å². The molecule has 2 heteroatoms. The van der Waals surface area contributed by atoms with E-state index in [-0.39, 0.29) is 6.42 Å². The molecule has 1 rings (SSSR count). The minimum absolute atomic E-state index is 0.169. The fourth-order valence-corrected chi connectivity index (χ4v) is 0.968. The second kappa shape index (κ2) is 4.00. The molecule has 0 radical (unpaired) electrons. The molecule has 12 heavy (non-hydrogen) atoms. The number of benzene rings is 1. The van der Waals surface area contributed by atoms with Gasteiger partial charge in [-0.05, 0) is 11.1 Å². The van der Waals surface area contributed by atoms with E-state index in [0.29, 0.717) is 5.56 Å². The average Bonchev–Trinajstić information content (AvgIpc) is 2.05. The molecule has 0 saturated heterocycles. The lowest BCUT2D eigenvalue weighted by Gasteiger charge is -1.99. The Labute approximate surface area is 70.5 Å². The van der Waals surface area contributed by atoms with Gasteiger partial charge in [0, 0.05) is 6.42 Å². The van der Waals surface area contributed by atoms with Gasteiger partial charge >= 0.3 is 0 Å². The summed E-state index contributed by atoms with van der Waals surface area (Å²) in [7, 11) is 0. The third kappa shape index (κ3) is 2.46. The Kier molecular flexibility index (Phi) is 2.97. The number of hydrogen-bond acceptors (Lipinski definition) is 0. The zero-order valence-electron chi connectivity index (χ0n) is 6.63. The molecule has 0 aliphatic carbocycles. The van der Waals surface area contributed by atoms with Gasteiger partial charge in [-0.1, -0.05) is 36.9 Å². The topological polar surface area (TPSA) is 0 Å². The van der Waals surface area contributed by atoms with Gasteiger partial charge in [0.25, 0.3) is 0 Å².